The summed E-state index contributed by atoms with van der Waals surface area (Å²) in [6, 6.07) is 0. The molecule has 0 spiro atoms. The molecule has 0 fully saturated rings. The van der Waals surface area contributed by atoms with E-state index in [1.165, 1.54) is 13.8 Å². The van der Waals surface area contributed by atoms with E-state index in [-0.39, 0.29) is 6.42 Å². The molecule has 0 aromatic rings. The summed E-state index contributed by atoms with van der Waals surface area (Å²) >= 11 is 0. The highest BCUT2D eigenvalue weighted by atomic mass is 31.2. The van der Waals surface area contributed by atoms with Crippen molar-refractivity contribution in [3.8, 4) is 0 Å². The average molecular weight is 326 g/mol. The van der Waals surface area contributed by atoms with Gasteiger partial charge in [-0.3, -0.25) is 13.7 Å². The normalized spacial score (nSPS) is 17.8. The topological polar surface area (TPSA) is 173 Å². The van der Waals surface area contributed by atoms with E-state index in [4.69, 9.17) is 29.4 Å². The zero-order valence-electron chi connectivity index (χ0n) is 9.69. The molecule has 110 valence electrons. The molecule has 0 saturated heterocycles. The van der Waals surface area contributed by atoms with Crippen LogP contribution in [0.15, 0.2) is 0 Å². The molecule has 0 saturated carbocycles. The summed E-state index contributed by atoms with van der Waals surface area (Å²) in [6.45, 7) is 2.76. The highest BCUT2D eigenvalue weighted by Gasteiger charge is 2.56. The SMILES string of the molecule is CCC(C)C(C(P(=O)(O)O)P(=O)(O)O)P(=O)(O)O. The first-order valence-electron chi connectivity index (χ1n) is 4.88. The van der Waals surface area contributed by atoms with Gasteiger partial charge in [0.15, 0.2) is 5.40 Å². The molecule has 0 amide bonds. The van der Waals surface area contributed by atoms with Gasteiger partial charge >= 0.3 is 22.8 Å². The van der Waals surface area contributed by atoms with E-state index in [0.717, 1.165) is 0 Å². The Kier molecular flexibility index (Phi) is 5.98. The predicted octanol–water partition coefficient (Wildman–Crippen LogP) is 0.260. The van der Waals surface area contributed by atoms with Gasteiger partial charge in [-0.1, -0.05) is 20.3 Å². The maximum atomic E-state index is 11.3. The van der Waals surface area contributed by atoms with Gasteiger partial charge in [0, 0.05) is 0 Å². The van der Waals surface area contributed by atoms with Crippen molar-refractivity contribution >= 4 is 22.8 Å². The monoisotopic (exact) mass is 326 g/mol. The zero-order chi connectivity index (χ0) is 14.9. The van der Waals surface area contributed by atoms with Crippen molar-refractivity contribution in [3.05, 3.63) is 0 Å². The van der Waals surface area contributed by atoms with Crippen molar-refractivity contribution in [1.82, 2.24) is 0 Å². The lowest BCUT2D eigenvalue weighted by Gasteiger charge is -2.32. The van der Waals surface area contributed by atoms with Crippen LogP contribution in [-0.4, -0.2) is 40.4 Å². The fraction of sp³-hybridized carbons (Fsp3) is 1.00. The smallest absolute Gasteiger partial charge is 0.324 e. The lowest BCUT2D eigenvalue weighted by molar-refractivity contribution is 0.298. The van der Waals surface area contributed by atoms with Gasteiger partial charge < -0.3 is 29.4 Å². The van der Waals surface area contributed by atoms with Crippen molar-refractivity contribution in [2.75, 3.05) is 0 Å². The molecular weight excluding hydrogens is 309 g/mol. The molecule has 18 heavy (non-hydrogen) atoms. The quantitative estimate of drug-likeness (QED) is 0.374. The van der Waals surface area contributed by atoms with Crippen LogP contribution < -0.4 is 0 Å². The summed E-state index contributed by atoms with van der Waals surface area (Å²) in [7, 11) is -15.8. The van der Waals surface area contributed by atoms with E-state index in [0.29, 0.717) is 0 Å². The lowest BCUT2D eigenvalue weighted by Crippen LogP contribution is -2.32. The van der Waals surface area contributed by atoms with Crippen molar-refractivity contribution in [1.29, 1.82) is 0 Å². The van der Waals surface area contributed by atoms with E-state index in [9.17, 15) is 13.7 Å². The van der Waals surface area contributed by atoms with Crippen LogP contribution in [0.4, 0.5) is 0 Å². The Morgan fingerprint density at radius 1 is 0.833 bits per heavy atom. The first-order chi connectivity index (χ1) is 7.73. The summed E-state index contributed by atoms with van der Waals surface area (Å²) in [6.07, 6.45) is 0.103. The third-order valence-electron chi connectivity index (χ3n) is 2.61. The summed E-state index contributed by atoms with van der Waals surface area (Å²) in [4.78, 5) is 54.1. The number of hydrogen-bond acceptors (Lipinski definition) is 3. The van der Waals surface area contributed by atoms with Gasteiger partial charge in [0.05, 0.1) is 5.66 Å². The molecule has 12 heteroatoms. The van der Waals surface area contributed by atoms with Gasteiger partial charge in [0.25, 0.3) is 0 Å². The second-order valence-corrected chi connectivity index (χ2v) is 9.71. The first kappa shape index (κ1) is 18.4. The molecule has 0 aromatic heterocycles. The zero-order valence-corrected chi connectivity index (χ0v) is 12.4. The standard InChI is InChI=1S/C6H17O9P3/c1-3-4(2)5(16(7,8)9)6(17(10,11)12)18(13,14)15/h4-6H,3H2,1-2H3,(H2,7,8,9)(H2,10,11,12)(H2,13,14,15). The van der Waals surface area contributed by atoms with Crippen molar-refractivity contribution in [3.63, 3.8) is 0 Å². The lowest BCUT2D eigenvalue weighted by atomic mass is 10.1. The molecule has 0 bridgehead atoms. The maximum Gasteiger partial charge on any atom is 0.341 e. The van der Waals surface area contributed by atoms with E-state index in [1.54, 1.807) is 0 Å². The Balaban J connectivity index is 5.91. The second kappa shape index (κ2) is 5.83. The molecule has 0 aliphatic carbocycles. The highest BCUT2D eigenvalue weighted by molar-refractivity contribution is 7.72. The molecule has 0 heterocycles. The Bertz CT molecular complexity index is 394. The molecule has 2 atom stereocenters. The van der Waals surface area contributed by atoms with Crippen LogP contribution in [0.2, 0.25) is 0 Å². The van der Waals surface area contributed by atoms with E-state index in [2.05, 4.69) is 0 Å². The van der Waals surface area contributed by atoms with Crippen LogP contribution in [0.3, 0.4) is 0 Å². The molecule has 6 N–H and O–H groups in total. The van der Waals surface area contributed by atoms with E-state index < -0.39 is 39.8 Å². The van der Waals surface area contributed by atoms with E-state index in [1.807, 2.05) is 0 Å². The third-order valence-corrected chi connectivity index (χ3v) is 8.49. The molecule has 0 rings (SSSR count). The fourth-order valence-electron chi connectivity index (χ4n) is 1.63. The maximum absolute atomic E-state index is 11.3. The minimum absolute atomic E-state index is 0.103. The summed E-state index contributed by atoms with van der Waals surface area (Å²) in [5, 5.41) is -2.69. The largest absolute Gasteiger partial charge is 0.341 e. The van der Waals surface area contributed by atoms with Gasteiger partial charge in [-0.05, 0) is 5.92 Å². The summed E-state index contributed by atoms with van der Waals surface area (Å²) in [5.41, 5.74) is -2.09. The third kappa shape index (κ3) is 4.85. The van der Waals surface area contributed by atoms with Crippen LogP contribution in [-0.2, 0) is 13.7 Å². The van der Waals surface area contributed by atoms with Crippen LogP contribution in [0.25, 0.3) is 0 Å². The number of rotatable bonds is 6. The summed E-state index contributed by atoms with van der Waals surface area (Å²) < 4.78 is 33.6. The van der Waals surface area contributed by atoms with Crippen molar-refractivity contribution in [2.45, 2.75) is 31.3 Å². The predicted molar refractivity (Wildman–Crippen MR) is 63.2 cm³/mol. The van der Waals surface area contributed by atoms with Crippen molar-refractivity contribution in [2.24, 2.45) is 5.92 Å². The van der Waals surface area contributed by atoms with Crippen molar-refractivity contribution < 1.29 is 43.1 Å². The van der Waals surface area contributed by atoms with Crippen LogP contribution in [0, 0.1) is 5.92 Å². The van der Waals surface area contributed by atoms with Gasteiger partial charge in [-0.15, -0.1) is 0 Å². The minimum Gasteiger partial charge on any atom is -0.324 e. The van der Waals surface area contributed by atoms with Crippen LogP contribution in [0.5, 0.6) is 0 Å². The molecule has 0 radical (unpaired) electrons. The molecule has 0 aromatic carbocycles. The highest BCUT2D eigenvalue weighted by Crippen LogP contribution is 2.68. The Labute approximate surface area is 104 Å². The van der Waals surface area contributed by atoms with Gasteiger partial charge in [0.2, 0.25) is 0 Å². The Morgan fingerprint density at radius 3 is 1.33 bits per heavy atom. The molecule has 2 unspecified atom stereocenters. The average Bonchev–Trinajstić information content (AvgIpc) is 2.06. The Hall–Kier alpha value is 0.450. The Morgan fingerprint density at radius 2 is 1.17 bits per heavy atom. The molecular formula is C6H17O9P3. The van der Waals surface area contributed by atoms with Crippen LogP contribution >= 0.6 is 22.8 Å². The molecule has 9 nitrogen and oxygen atoms in total. The summed E-state index contributed by atoms with van der Waals surface area (Å²) in [5.74, 6) is -0.962. The van der Waals surface area contributed by atoms with Crippen LogP contribution in [0.1, 0.15) is 20.3 Å². The fourth-order valence-corrected chi connectivity index (χ4v) is 7.89. The first-order valence-corrected chi connectivity index (χ1v) is 9.93. The van der Waals surface area contributed by atoms with Gasteiger partial charge in [0.1, 0.15) is 0 Å². The van der Waals surface area contributed by atoms with E-state index >= 15 is 0 Å². The molecule has 0 aliphatic rings. The second-order valence-electron chi connectivity index (χ2n) is 4.06. The van der Waals surface area contributed by atoms with Gasteiger partial charge in [-0.2, -0.15) is 0 Å². The number of hydrogen-bond donors (Lipinski definition) is 6. The molecule has 0 aliphatic heterocycles. The van der Waals surface area contributed by atoms with Gasteiger partial charge in [-0.25, -0.2) is 0 Å². The minimum atomic E-state index is -5.37.